The second-order valence-electron chi connectivity index (χ2n) is 3.44. The molecule has 1 aromatic carbocycles. The molecule has 1 aromatic heterocycles. The fourth-order valence-corrected chi connectivity index (χ4v) is 1.80. The van der Waals surface area contributed by atoms with Crippen LogP contribution in [-0.4, -0.2) is 16.2 Å². The monoisotopic (exact) mass is 174 g/mol. The standard InChI is InChI=1S/C10H10N2O/c1-7-5-13-9-4-2-3-8-10(9)12(7)6-11-8/h2-4,6-7H,5H2,1H3. The van der Waals surface area contributed by atoms with Crippen molar-refractivity contribution in [2.75, 3.05) is 6.61 Å². The highest BCUT2D eigenvalue weighted by Gasteiger charge is 2.18. The second kappa shape index (κ2) is 2.25. The molecule has 0 fully saturated rings. The highest BCUT2D eigenvalue weighted by molar-refractivity contribution is 5.82. The maximum atomic E-state index is 5.61. The quantitative estimate of drug-likeness (QED) is 0.610. The Morgan fingerprint density at radius 2 is 2.46 bits per heavy atom. The first-order chi connectivity index (χ1) is 6.36. The minimum atomic E-state index is 0.389. The molecule has 66 valence electrons. The van der Waals surface area contributed by atoms with Crippen LogP contribution in [0.15, 0.2) is 24.5 Å². The Balaban J connectivity index is 2.45. The zero-order valence-corrected chi connectivity index (χ0v) is 7.40. The molecule has 3 rings (SSSR count). The van der Waals surface area contributed by atoms with Crippen LogP contribution >= 0.6 is 0 Å². The summed E-state index contributed by atoms with van der Waals surface area (Å²) in [5.41, 5.74) is 2.14. The van der Waals surface area contributed by atoms with Gasteiger partial charge in [-0.25, -0.2) is 4.98 Å². The van der Waals surface area contributed by atoms with Crippen LogP contribution in [-0.2, 0) is 0 Å². The number of nitrogens with zero attached hydrogens (tertiary/aromatic N) is 2. The summed E-state index contributed by atoms with van der Waals surface area (Å²) in [6.07, 6.45) is 1.89. The third kappa shape index (κ3) is 0.813. The molecule has 3 nitrogen and oxygen atoms in total. The SMILES string of the molecule is CC1COc2cccc3ncn1c23. The van der Waals surface area contributed by atoms with Crippen molar-refractivity contribution in [2.45, 2.75) is 13.0 Å². The lowest BCUT2D eigenvalue weighted by molar-refractivity contribution is 0.248. The minimum absolute atomic E-state index is 0.389. The van der Waals surface area contributed by atoms with Gasteiger partial charge in [-0.15, -0.1) is 0 Å². The zero-order valence-electron chi connectivity index (χ0n) is 7.40. The minimum Gasteiger partial charge on any atom is -0.489 e. The van der Waals surface area contributed by atoms with Gasteiger partial charge < -0.3 is 9.30 Å². The lowest BCUT2D eigenvalue weighted by Gasteiger charge is -2.22. The van der Waals surface area contributed by atoms with Gasteiger partial charge in [-0.2, -0.15) is 0 Å². The maximum Gasteiger partial charge on any atom is 0.145 e. The number of ether oxygens (including phenoxy) is 1. The third-order valence-electron chi connectivity index (χ3n) is 2.51. The van der Waals surface area contributed by atoms with Gasteiger partial charge in [0.25, 0.3) is 0 Å². The number of hydrogen-bond acceptors (Lipinski definition) is 2. The Morgan fingerprint density at radius 1 is 1.54 bits per heavy atom. The van der Waals surface area contributed by atoms with E-state index in [1.165, 1.54) is 0 Å². The van der Waals surface area contributed by atoms with Crippen molar-refractivity contribution in [3.63, 3.8) is 0 Å². The average Bonchev–Trinajstić information content (AvgIpc) is 2.57. The van der Waals surface area contributed by atoms with Gasteiger partial charge in [0.2, 0.25) is 0 Å². The lowest BCUT2D eigenvalue weighted by atomic mass is 10.2. The predicted octanol–water partition coefficient (Wildman–Crippen LogP) is 1.99. The van der Waals surface area contributed by atoms with Crippen LogP contribution < -0.4 is 4.74 Å². The summed E-state index contributed by atoms with van der Waals surface area (Å²) in [4.78, 5) is 4.32. The first kappa shape index (κ1) is 6.95. The molecule has 0 spiro atoms. The van der Waals surface area contributed by atoms with Crippen LogP contribution in [0.25, 0.3) is 11.0 Å². The van der Waals surface area contributed by atoms with E-state index in [-0.39, 0.29) is 0 Å². The summed E-state index contributed by atoms with van der Waals surface area (Å²) in [6, 6.07) is 6.37. The Morgan fingerprint density at radius 3 is 3.38 bits per heavy atom. The lowest BCUT2D eigenvalue weighted by Crippen LogP contribution is -2.18. The molecule has 13 heavy (non-hydrogen) atoms. The zero-order chi connectivity index (χ0) is 8.84. The van der Waals surface area contributed by atoms with Crippen molar-refractivity contribution in [3.8, 4) is 5.75 Å². The van der Waals surface area contributed by atoms with Crippen LogP contribution in [0.4, 0.5) is 0 Å². The van der Waals surface area contributed by atoms with Gasteiger partial charge in [0, 0.05) is 0 Å². The predicted molar refractivity (Wildman–Crippen MR) is 49.9 cm³/mol. The highest BCUT2D eigenvalue weighted by atomic mass is 16.5. The molecule has 1 unspecified atom stereocenters. The van der Waals surface area contributed by atoms with Crippen molar-refractivity contribution in [1.82, 2.24) is 9.55 Å². The van der Waals surface area contributed by atoms with E-state index in [0.29, 0.717) is 6.04 Å². The highest BCUT2D eigenvalue weighted by Crippen LogP contribution is 2.31. The molecule has 0 bridgehead atoms. The van der Waals surface area contributed by atoms with Crippen LogP contribution in [0, 0.1) is 0 Å². The van der Waals surface area contributed by atoms with Crippen molar-refractivity contribution < 1.29 is 4.74 Å². The van der Waals surface area contributed by atoms with Gasteiger partial charge >= 0.3 is 0 Å². The van der Waals surface area contributed by atoms with Crippen molar-refractivity contribution in [3.05, 3.63) is 24.5 Å². The van der Waals surface area contributed by atoms with Crippen LogP contribution in [0.5, 0.6) is 5.75 Å². The molecule has 0 N–H and O–H groups in total. The van der Waals surface area contributed by atoms with Gasteiger partial charge in [-0.05, 0) is 19.1 Å². The van der Waals surface area contributed by atoms with Gasteiger partial charge in [0.1, 0.15) is 17.9 Å². The molecular formula is C10H10N2O. The van der Waals surface area contributed by atoms with E-state index in [9.17, 15) is 0 Å². The van der Waals surface area contributed by atoms with Crippen molar-refractivity contribution in [2.24, 2.45) is 0 Å². The second-order valence-corrected chi connectivity index (χ2v) is 3.44. The van der Waals surface area contributed by atoms with Crippen molar-refractivity contribution in [1.29, 1.82) is 0 Å². The normalized spacial score (nSPS) is 20.2. The molecule has 2 aromatic rings. The summed E-state index contributed by atoms with van der Waals surface area (Å²) in [6.45, 7) is 2.87. The fraction of sp³-hybridized carbons (Fsp3) is 0.300. The molecular weight excluding hydrogens is 164 g/mol. The molecule has 1 aliphatic rings. The summed E-state index contributed by atoms with van der Waals surface area (Å²) in [7, 11) is 0. The Labute approximate surface area is 76.0 Å². The van der Waals surface area contributed by atoms with Gasteiger partial charge in [-0.1, -0.05) is 6.07 Å². The molecule has 2 heterocycles. The summed E-state index contributed by atoms with van der Waals surface area (Å²) in [5.74, 6) is 0.952. The van der Waals surface area contributed by atoms with E-state index in [0.717, 1.165) is 23.4 Å². The Bertz CT molecular complexity index is 461. The first-order valence-corrected chi connectivity index (χ1v) is 4.44. The average molecular weight is 174 g/mol. The van der Waals surface area contributed by atoms with Gasteiger partial charge in [-0.3, -0.25) is 0 Å². The van der Waals surface area contributed by atoms with E-state index < -0.39 is 0 Å². The van der Waals surface area contributed by atoms with E-state index in [4.69, 9.17) is 4.74 Å². The summed E-state index contributed by atoms with van der Waals surface area (Å²) >= 11 is 0. The van der Waals surface area contributed by atoms with Crippen LogP contribution in [0.3, 0.4) is 0 Å². The van der Waals surface area contributed by atoms with E-state index >= 15 is 0 Å². The van der Waals surface area contributed by atoms with E-state index in [1.807, 2.05) is 24.5 Å². The van der Waals surface area contributed by atoms with Gasteiger partial charge in [0.05, 0.1) is 17.9 Å². The van der Waals surface area contributed by atoms with Gasteiger partial charge in [0.15, 0.2) is 0 Å². The third-order valence-corrected chi connectivity index (χ3v) is 2.51. The molecule has 0 saturated carbocycles. The van der Waals surface area contributed by atoms with E-state index in [2.05, 4.69) is 16.5 Å². The molecule has 0 amide bonds. The molecule has 1 atom stereocenters. The Kier molecular flexibility index (Phi) is 1.20. The number of rotatable bonds is 0. The Hall–Kier alpha value is -1.51. The molecule has 0 radical (unpaired) electrons. The molecule has 0 aliphatic carbocycles. The number of para-hydroxylation sites is 1. The first-order valence-electron chi connectivity index (χ1n) is 4.44. The van der Waals surface area contributed by atoms with Crippen LogP contribution in [0.2, 0.25) is 0 Å². The van der Waals surface area contributed by atoms with Crippen LogP contribution in [0.1, 0.15) is 13.0 Å². The topological polar surface area (TPSA) is 27.1 Å². The van der Waals surface area contributed by atoms with Crippen molar-refractivity contribution >= 4 is 11.0 Å². The smallest absolute Gasteiger partial charge is 0.145 e. The molecule has 0 saturated heterocycles. The van der Waals surface area contributed by atoms with E-state index in [1.54, 1.807) is 0 Å². The molecule has 1 aliphatic heterocycles. The molecule has 3 heteroatoms. The number of benzene rings is 1. The maximum absolute atomic E-state index is 5.61. The number of imidazole rings is 1. The summed E-state index contributed by atoms with van der Waals surface area (Å²) in [5, 5.41) is 0. The summed E-state index contributed by atoms with van der Waals surface area (Å²) < 4.78 is 7.78. The number of aromatic nitrogens is 2. The largest absolute Gasteiger partial charge is 0.489 e. The number of hydrogen-bond donors (Lipinski definition) is 0. The fourth-order valence-electron chi connectivity index (χ4n) is 1.80.